The predicted molar refractivity (Wildman–Crippen MR) is 66.3 cm³/mol. The first-order valence-corrected chi connectivity index (χ1v) is 5.76. The van der Waals surface area contributed by atoms with Crippen LogP contribution in [0.3, 0.4) is 0 Å². The summed E-state index contributed by atoms with van der Waals surface area (Å²) in [6.07, 6.45) is 1.98. The van der Waals surface area contributed by atoms with E-state index in [0.29, 0.717) is 13.0 Å². The van der Waals surface area contributed by atoms with Gasteiger partial charge in [-0.25, -0.2) is 0 Å². The van der Waals surface area contributed by atoms with Crippen LogP contribution in [-0.4, -0.2) is 42.0 Å². The quantitative estimate of drug-likeness (QED) is 0.526. The van der Waals surface area contributed by atoms with Crippen LogP contribution in [-0.2, 0) is 14.3 Å². The second-order valence-corrected chi connectivity index (χ2v) is 4.00. The van der Waals surface area contributed by atoms with E-state index in [1.165, 1.54) is 4.90 Å². The molecule has 2 N–H and O–H groups in total. The molecule has 0 rings (SSSR count). The third-order valence-corrected chi connectivity index (χ3v) is 2.25. The fourth-order valence-corrected chi connectivity index (χ4v) is 1.35. The number of carbonyl (C=O) groups excluding carboxylic acids is 2. The minimum absolute atomic E-state index is 0.0603. The highest BCUT2D eigenvalue weighted by atomic mass is 16.5. The van der Waals surface area contributed by atoms with Crippen molar-refractivity contribution < 1.29 is 14.3 Å². The molecule has 1 atom stereocenters. The second kappa shape index (κ2) is 7.84. The van der Waals surface area contributed by atoms with E-state index in [9.17, 15) is 9.59 Å². The highest BCUT2D eigenvalue weighted by Crippen LogP contribution is 2.04. The number of hydrogen-bond donors (Lipinski definition) is 1. The van der Waals surface area contributed by atoms with Crippen molar-refractivity contribution in [1.29, 1.82) is 0 Å². The summed E-state index contributed by atoms with van der Waals surface area (Å²) in [5, 5.41) is 0. The Morgan fingerprint density at radius 2 is 2.06 bits per heavy atom. The van der Waals surface area contributed by atoms with Crippen molar-refractivity contribution in [1.82, 2.24) is 4.90 Å². The molecular weight excluding hydrogens is 220 g/mol. The maximum Gasteiger partial charge on any atom is 0.325 e. The van der Waals surface area contributed by atoms with Gasteiger partial charge in [-0.1, -0.05) is 6.08 Å². The molecule has 0 spiro atoms. The van der Waals surface area contributed by atoms with Gasteiger partial charge >= 0.3 is 5.97 Å². The highest BCUT2D eigenvalue weighted by Gasteiger charge is 2.24. The molecule has 0 aromatic carbocycles. The summed E-state index contributed by atoms with van der Waals surface area (Å²) in [5.41, 5.74) is 5.70. The zero-order chi connectivity index (χ0) is 13.4. The zero-order valence-corrected chi connectivity index (χ0v) is 10.8. The molecule has 0 heterocycles. The molecule has 5 heteroatoms. The standard InChI is InChI=1S/C12H22N2O3/c1-5-7-10(13)12(16)14(9(3)4)8-11(15)17-6-2/h5,9-10H,1,6-8,13H2,2-4H3. The zero-order valence-electron chi connectivity index (χ0n) is 10.8. The van der Waals surface area contributed by atoms with Gasteiger partial charge in [0.15, 0.2) is 0 Å². The molecule has 98 valence electrons. The highest BCUT2D eigenvalue weighted by molar-refractivity contribution is 5.86. The molecule has 0 aliphatic rings. The molecule has 0 radical (unpaired) electrons. The van der Waals surface area contributed by atoms with Gasteiger partial charge in [-0.3, -0.25) is 9.59 Å². The molecule has 0 aliphatic carbocycles. The number of esters is 1. The minimum atomic E-state index is -0.649. The van der Waals surface area contributed by atoms with Gasteiger partial charge in [0.05, 0.1) is 12.6 Å². The van der Waals surface area contributed by atoms with E-state index >= 15 is 0 Å². The minimum Gasteiger partial charge on any atom is -0.465 e. The van der Waals surface area contributed by atoms with Crippen molar-refractivity contribution in [2.45, 2.75) is 39.3 Å². The molecule has 0 aliphatic heterocycles. The van der Waals surface area contributed by atoms with Gasteiger partial charge in [-0.15, -0.1) is 6.58 Å². The monoisotopic (exact) mass is 242 g/mol. The lowest BCUT2D eigenvalue weighted by atomic mass is 10.1. The first-order valence-electron chi connectivity index (χ1n) is 5.76. The normalized spacial score (nSPS) is 12.1. The molecule has 0 bridgehead atoms. The Labute approximate surface area is 103 Å². The van der Waals surface area contributed by atoms with E-state index in [0.717, 1.165) is 0 Å². The lowest BCUT2D eigenvalue weighted by Gasteiger charge is -2.28. The Bertz CT molecular complexity index is 277. The lowest BCUT2D eigenvalue weighted by molar-refractivity contribution is -0.150. The van der Waals surface area contributed by atoms with Crippen LogP contribution in [0.5, 0.6) is 0 Å². The van der Waals surface area contributed by atoms with Crippen LogP contribution in [0.4, 0.5) is 0 Å². The Morgan fingerprint density at radius 1 is 1.47 bits per heavy atom. The van der Waals surface area contributed by atoms with Gasteiger partial charge in [-0.2, -0.15) is 0 Å². The fraction of sp³-hybridized carbons (Fsp3) is 0.667. The summed E-state index contributed by atoms with van der Waals surface area (Å²) in [6, 6.07) is -0.743. The predicted octanol–water partition coefficient (Wildman–Crippen LogP) is 0.690. The van der Waals surface area contributed by atoms with Gasteiger partial charge in [0.25, 0.3) is 0 Å². The second-order valence-electron chi connectivity index (χ2n) is 4.00. The van der Waals surface area contributed by atoms with Gasteiger partial charge in [0.2, 0.25) is 5.91 Å². The van der Waals surface area contributed by atoms with Gasteiger partial charge in [-0.05, 0) is 27.2 Å². The number of nitrogens with two attached hydrogens (primary N) is 1. The summed E-state index contributed by atoms with van der Waals surface area (Å²) < 4.78 is 4.82. The molecule has 0 aromatic heterocycles. The summed E-state index contributed by atoms with van der Waals surface area (Å²) in [4.78, 5) is 24.7. The van der Waals surface area contributed by atoms with Crippen LogP contribution >= 0.6 is 0 Å². The van der Waals surface area contributed by atoms with E-state index < -0.39 is 12.0 Å². The van der Waals surface area contributed by atoms with E-state index in [4.69, 9.17) is 10.5 Å². The Morgan fingerprint density at radius 3 is 2.47 bits per heavy atom. The molecular formula is C12H22N2O3. The van der Waals surface area contributed by atoms with E-state index in [-0.39, 0.29) is 18.5 Å². The number of carbonyl (C=O) groups is 2. The molecule has 17 heavy (non-hydrogen) atoms. The van der Waals surface area contributed by atoms with Crippen LogP contribution in [0.1, 0.15) is 27.2 Å². The molecule has 0 saturated heterocycles. The van der Waals surface area contributed by atoms with E-state index in [1.807, 2.05) is 13.8 Å². The molecule has 1 amide bonds. The smallest absolute Gasteiger partial charge is 0.325 e. The Hall–Kier alpha value is -1.36. The van der Waals surface area contributed by atoms with E-state index in [1.54, 1.807) is 13.0 Å². The van der Waals surface area contributed by atoms with Crippen molar-refractivity contribution in [2.24, 2.45) is 5.73 Å². The summed E-state index contributed by atoms with van der Waals surface area (Å²) in [6.45, 7) is 9.17. The average molecular weight is 242 g/mol. The summed E-state index contributed by atoms with van der Waals surface area (Å²) >= 11 is 0. The molecule has 0 fully saturated rings. The van der Waals surface area contributed by atoms with Crippen LogP contribution in [0.2, 0.25) is 0 Å². The first-order chi connectivity index (χ1) is 7.93. The van der Waals surface area contributed by atoms with Crippen molar-refractivity contribution >= 4 is 11.9 Å². The SMILES string of the molecule is C=CCC(N)C(=O)N(CC(=O)OCC)C(C)C. The van der Waals surface area contributed by atoms with Crippen molar-refractivity contribution in [3.8, 4) is 0 Å². The average Bonchev–Trinajstić information content (AvgIpc) is 2.25. The molecule has 0 saturated carbocycles. The van der Waals surface area contributed by atoms with Gasteiger partial charge in [0.1, 0.15) is 6.54 Å². The van der Waals surface area contributed by atoms with Gasteiger partial charge < -0.3 is 15.4 Å². The topological polar surface area (TPSA) is 72.6 Å². The van der Waals surface area contributed by atoms with Crippen molar-refractivity contribution in [3.05, 3.63) is 12.7 Å². The third kappa shape index (κ3) is 5.49. The maximum atomic E-state index is 12.0. The first kappa shape index (κ1) is 15.6. The third-order valence-electron chi connectivity index (χ3n) is 2.25. The molecule has 0 aromatic rings. The number of hydrogen-bond acceptors (Lipinski definition) is 4. The number of nitrogens with zero attached hydrogens (tertiary/aromatic N) is 1. The Balaban J connectivity index is 4.56. The summed E-state index contributed by atoms with van der Waals surface area (Å²) in [5.74, 6) is -0.673. The van der Waals surface area contributed by atoms with Crippen molar-refractivity contribution in [2.75, 3.05) is 13.2 Å². The van der Waals surface area contributed by atoms with Gasteiger partial charge in [0, 0.05) is 6.04 Å². The Kier molecular flexibility index (Phi) is 7.21. The van der Waals surface area contributed by atoms with E-state index in [2.05, 4.69) is 6.58 Å². The van der Waals surface area contributed by atoms with Crippen LogP contribution in [0.15, 0.2) is 12.7 Å². The molecule has 1 unspecified atom stereocenters. The van der Waals surface area contributed by atoms with Crippen molar-refractivity contribution in [3.63, 3.8) is 0 Å². The summed E-state index contributed by atoms with van der Waals surface area (Å²) in [7, 11) is 0. The number of ether oxygens (including phenoxy) is 1. The number of amides is 1. The molecule has 5 nitrogen and oxygen atoms in total. The van der Waals surface area contributed by atoms with Crippen LogP contribution in [0, 0.1) is 0 Å². The lowest BCUT2D eigenvalue weighted by Crippen LogP contribution is -2.49. The maximum absolute atomic E-state index is 12.0. The van der Waals surface area contributed by atoms with Crippen LogP contribution < -0.4 is 5.73 Å². The van der Waals surface area contributed by atoms with Crippen LogP contribution in [0.25, 0.3) is 0 Å². The fourth-order valence-electron chi connectivity index (χ4n) is 1.35. The largest absolute Gasteiger partial charge is 0.465 e. The number of rotatable bonds is 7.